The molecule has 0 amide bonds. The fourth-order valence-electron chi connectivity index (χ4n) is 3.12. The molecule has 4 atom stereocenters. The highest BCUT2D eigenvalue weighted by atomic mass is 16.6. The number of methoxy groups -OCH3 is 1. The Kier molecular flexibility index (Phi) is 5.28. The highest BCUT2D eigenvalue weighted by Crippen LogP contribution is 2.31. The van der Waals surface area contributed by atoms with Crippen LogP contribution in [0.5, 0.6) is 5.75 Å². The number of nitrogens with zero attached hydrogens (tertiary/aromatic N) is 3. The third-order valence-electron chi connectivity index (χ3n) is 4.67. The molecule has 30 heavy (non-hydrogen) atoms. The number of aliphatic hydroxyl groups is 2. The Balaban J connectivity index is 1.45. The van der Waals surface area contributed by atoms with Gasteiger partial charge in [0.15, 0.2) is 17.4 Å². The summed E-state index contributed by atoms with van der Waals surface area (Å²) in [7, 11) is 1.58. The van der Waals surface area contributed by atoms with Crippen LogP contribution in [0.2, 0.25) is 0 Å². The first-order valence-corrected chi connectivity index (χ1v) is 8.98. The number of anilines is 1. The van der Waals surface area contributed by atoms with E-state index in [4.69, 9.17) is 19.9 Å². The molecule has 0 spiro atoms. The van der Waals surface area contributed by atoms with E-state index in [-0.39, 0.29) is 23.7 Å². The molecular weight excluding hydrogens is 394 g/mol. The second-order valence-electron chi connectivity index (χ2n) is 6.59. The summed E-state index contributed by atoms with van der Waals surface area (Å²) in [5.74, 6) is 3.43. The van der Waals surface area contributed by atoms with Gasteiger partial charge in [0, 0.05) is 5.56 Å². The molecule has 1 aliphatic rings. The van der Waals surface area contributed by atoms with Gasteiger partial charge in [-0.1, -0.05) is 0 Å². The van der Waals surface area contributed by atoms with Gasteiger partial charge in [-0.25, -0.2) is 4.98 Å². The van der Waals surface area contributed by atoms with Crippen LogP contribution in [0.4, 0.5) is 5.95 Å². The molecule has 11 nitrogen and oxygen atoms in total. The molecule has 0 unspecified atom stereocenters. The van der Waals surface area contributed by atoms with Gasteiger partial charge in [0.05, 0.1) is 13.4 Å². The smallest absolute Gasteiger partial charge is 0.280 e. The number of aromatic amines is 1. The number of nitrogen functional groups attached to an aromatic ring is 1. The maximum Gasteiger partial charge on any atom is 0.280 e. The predicted octanol–water partition coefficient (Wildman–Crippen LogP) is -0.645. The maximum absolute atomic E-state index is 11.9. The number of imidazole rings is 1. The zero-order valence-electron chi connectivity index (χ0n) is 15.8. The van der Waals surface area contributed by atoms with E-state index in [0.29, 0.717) is 5.75 Å². The topological polar surface area (TPSA) is 158 Å². The van der Waals surface area contributed by atoms with Crippen molar-refractivity contribution in [3.8, 4) is 17.8 Å². The molecule has 0 aliphatic carbocycles. The van der Waals surface area contributed by atoms with E-state index in [1.807, 2.05) is 0 Å². The molecule has 1 aromatic carbocycles. The number of nitrogens with one attached hydrogen (secondary N) is 1. The van der Waals surface area contributed by atoms with E-state index in [9.17, 15) is 15.0 Å². The molecular formula is C19H19N5O6. The molecule has 3 heterocycles. The normalized spacial score (nSPS) is 23.2. The fourth-order valence-corrected chi connectivity index (χ4v) is 3.12. The van der Waals surface area contributed by atoms with Crippen molar-refractivity contribution >= 4 is 17.1 Å². The minimum Gasteiger partial charge on any atom is -0.497 e. The number of ether oxygens (including phenoxy) is 3. The van der Waals surface area contributed by atoms with Gasteiger partial charge in [0.25, 0.3) is 5.56 Å². The average Bonchev–Trinajstić information content (AvgIpc) is 3.27. The second-order valence-corrected chi connectivity index (χ2v) is 6.59. The van der Waals surface area contributed by atoms with E-state index in [1.165, 1.54) is 10.9 Å². The van der Waals surface area contributed by atoms with Crippen LogP contribution in [0.3, 0.4) is 0 Å². The third-order valence-corrected chi connectivity index (χ3v) is 4.67. The van der Waals surface area contributed by atoms with E-state index < -0.39 is 30.1 Å². The van der Waals surface area contributed by atoms with Crippen LogP contribution in [0.15, 0.2) is 35.4 Å². The molecule has 156 valence electrons. The number of aliphatic hydroxyl groups excluding tert-OH is 2. The van der Waals surface area contributed by atoms with Gasteiger partial charge in [-0.05, 0) is 30.2 Å². The van der Waals surface area contributed by atoms with Gasteiger partial charge < -0.3 is 30.2 Å². The van der Waals surface area contributed by atoms with E-state index in [0.717, 1.165) is 5.56 Å². The Bertz CT molecular complexity index is 1160. The molecule has 0 saturated carbocycles. The van der Waals surface area contributed by atoms with Crippen molar-refractivity contribution in [1.82, 2.24) is 19.5 Å². The SMILES string of the molecule is COc1ccc(C#COC[C@H]2O[C@@H](n3cnc4c(=O)[nH]c(N)nc43)[C@H](O)[C@@H]2O)cc1. The van der Waals surface area contributed by atoms with Gasteiger partial charge in [-0.15, -0.1) is 0 Å². The Morgan fingerprint density at radius 3 is 2.80 bits per heavy atom. The number of benzene rings is 1. The van der Waals surface area contributed by atoms with Gasteiger partial charge >= 0.3 is 0 Å². The number of fused-ring (bicyclic) bond motifs is 1. The monoisotopic (exact) mass is 413 g/mol. The maximum atomic E-state index is 11.9. The lowest BCUT2D eigenvalue weighted by Gasteiger charge is -2.16. The zero-order chi connectivity index (χ0) is 21.3. The molecule has 0 radical (unpaired) electrons. The number of nitrogens with two attached hydrogens (primary N) is 1. The first kappa shape index (κ1) is 19.7. The minimum absolute atomic E-state index is 0.0412. The summed E-state index contributed by atoms with van der Waals surface area (Å²) in [6, 6.07) is 7.10. The quantitative estimate of drug-likeness (QED) is 0.408. The molecule has 11 heteroatoms. The minimum atomic E-state index is -1.30. The predicted molar refractivity (Wildman–Crippen MR) is 104 cm³/mol. The summed E-state index contributed by atoms with van der Waals surface area (Å²) in [4.78, 5) is 22.3. The van der Waals surface area contributed by atoms with Crippen molar-refractivity contribution < 1.29 is 24.4 Å². The molecule has 4 rings (SSSR count). The fraction of sp³-hybridized carbons (Fsp3) is 0.316. The Morgan fingerprint density at radius 2 is 2.07 bits per heavy atom. The molecule has 3 aromatic rings. The lowest BCUT2D eigenvalue weighted by atomic mass is 10.1. The van der Waals surface area contributed by atoms with E-state index in [2.05, 4.69) is 27.0 Å². The molecule has 0 bridgehead atoms. The van der Waals surface area contributed by atoms with Crippen LogP contribution in [-0.4, -0.2) is 61.8 Å². The average molecular weight is 413 g/mol. The Hall–Kier alpha value is -3.59. The molecule has 1 aliphatic heterocycles. The molecule has 1 saturated heterocycles. The van der Waals surface area contributed by atoms with Gasteiger partial charge in [-0.3, -0.25) is 14.3 Å². The van der Waals surface area contributed by atoms with E-state index >= 15 is 0 Å². The zero-order valence-corrected chi connectivity index (χ0v) is 15.8. The lowest BCUT2D eigenvalue weighted by molar-refractivity contribution is -0.0510. The lowest BCUT2D eigenvalue weighted by Crippen LogP contribution is -2.33. The van der Waals surface area contributed by atoms with Crippen LogP contribution in [0.1, 0.15) is 11.8 Å². The van der Waals surface area contributed by atoms with Crippen molar-refractivity contribution in [2.24, 2.45) is 0 Å². The summed E-state index contributed by atoms with van der Waals surface area (Å²) in [6.07, 6.45) is -0.590. The summed E-state index contributed by atoms with van der Waals surface area (Å²) in [6.45, 7) is -0.0827. The van der Waals surface area contributed by atoms with Crippen LogP contribution >= 0.6 is 0 Å². The van der Waals surface area contributed by atoms with Gasteiger partial charge in [0.1, 0.15) is 36.8 Å². The van der Waals surface area contributed by atoms with Crippen molar-refractivity contribution in [1.29, 1.82) is 0 Å². The Morgan fingerprint density at radius 1 is 1.30 bits per heavy atom. The third kappa shape index (κ3) is 3.67. The number of hydrogen-bond donors (Lipinski definition) is 4. The summed E-state index contributed by atoms with van der Waals surface area (Å²) in [5.41, 5.74) is 5.96. The van der Waals surface area contributed by atoms with E-state index in [1.54, 1.807) is 31.4 Å². The number of rotatable bonds is 4. The molecule has 5 N–H and O–H groups in total. The highest BCUT2D eigenvalue weighted by Gasteiger charge is 2.44. The van der Waals surface area contributed by atoms with Crippen molar-refractivity contribution in [2.75, 3.05) is 19.5 Å². The molecule has 1 fully saturated rings. The van der Waals surface area contributed by atoms with Gasteiger partial charge in [-0.2, -0.15) is 4.98 Å². The van der Waals surface area contributed by atoms with Crippen molar-refractivity contribution in [2.45, 2.75) is 24.5 Å². The summed E-state index contributed by atoms with van der Waals surface area (Å²) in [5, 5.41) is 20.7. The first-order valence-electron chi connectivity index (χ1n) is 8.98. The summed E-state index contributed by atoms with van der Waals surface area (Å²) >= 11 is 0. The number of H-pyrrole nitrogens is 1. The van der Waals surface area contributed by atoms with Crippen LogP contribution < -0.4 is 16.0 Å². The highest BCUT2D eigenvalue weighted by molar-refractivity contribution is 5.70. The largest absolute Gasteiger partial charge is 0.497 e. The number of hydrogen-bond acceptors (Lipinski definition) is 9. The summed E-state index contributed by atoms with van der Waals surface area (Å²) < 4.78 is 17.4. The standard InChI is InChI=1S/C19H19N5O6/c1-28-11-4-2-10(3-5-11)6-7-29-8-12-14(25)15(26)18(30-12)24-9-21-13-16(24)22-19(20)23-17(13)27/h2-5,9,12,14-15,18,25-26H,8H2,1H3,(H3,20,22,23,27)/t12-,14-,15-,18-/m1/s1. The van der Waals surface area contributed by atoms with Crippen LogP contribution in [0.25, 0.3) is 11.2 Å². The second kappa shape index (κ2) is 8.03. The first-order chi connectivity index (χ1) is 14.5. The molecule has 2 aromatic heterocycles. The van der Waals surface area contributed by atoms with Crippen LogP contribution in [-0.2, 0) is 9.47 Å². The van der Waals surface area contributed by atoms with Crippen LogP contribution in [0, 0.1) is 12.0 Å². The number of aromatic nitrogens is 4. The van der Waals surface area contributed by atoms with Crippen molar-refractivity contribution in [3.05, 3.63) is 46.5 Å². The Labute approximate surface area is 170 Å². The van der Waals surface area contributed by atoms with Gasteiger partial charge in [0.2, 0.25) is 5.95 Å². The van der Waals surface area contributed by atoms with Crippen molar-refractivity contribution in [3.63, 3.8) is 0 Å².